The number of carbonyl (C=O) groups excluding carboxylic acids is 3. The Labute approximate surface area is 182 Å². The first-order chi connectivity index (χ1) is 14.7. The van der Waals surface area contributed by atoms with Gasteiger partial charge in [0.05, 0.1) is 11.6 Å². The van der Waals surface area contributed by atoms with Crippen LogP contribution in [0.1, 0.15) is 32.4 Å². The van der Waals surface area contributed by atoms with Crippen LogP contribution in [-0.4, -0.2) is 42.5 Å². The van der Waals surface area contributed by atoms with Gasteiger partial charge in [0.25, 0.3) is 5.91 Å². The lowest BCUT2D eigenvalue weighted by molar-refractivity contribution is -0.133. The maximum Gasteiger partial charge on any atom is 0.253 e. The highest BCUT2D eigenvalue weighted by atomic mass is 16.3. The van der Waals surface area contributed by atoms with Gasteiger partial charge in [-0.1, -0.05) is 63.2 Å². The molecule has 1 heterocycles. The van der Waals surface area contributed by atoms with Crippen LogP contribution >= 0.6 is 0 Å². The Morgan fingerprint density at radius 1 is 1.00 bits per heavy atom. The molecular weight excluding hydrogens is 394 g/mol. The number of fused-ring (bicyclic) bond motifs is 3. The number of carbonyl (C=O) groups is 3. The van der Waals surface area contributed by atoms with Gasteiger partial charge in [-0.05, 0) is 23.1 Å². The van der Waals surface area contributed by atoms with Crippen LogP contribution in [0.4, 0.5) is 5.69 Å². The number of nitrogens with one attached hydrogen (secondary N) is 2. The van der Waals surface area contributed by atoms with E-state index in [1.807, 2.05) is 48.5 Å². The molecule has 164 valence electrons. The molecule has 0 radical (unpaired) electrons. The molecule has 7 heteroatoms. The molecule has 1 unspecified atom stereocenters. The van der Waals surface area contributed by atoms with Crippen LogP contribution in [0.25, 0.3) is 11.1 Å². The van der Waals surface area contributed by atoms with Gasteiger partial charge >= 0.3 is 0 Å². The van der Waals surface area contributed by atoms with Gasteiger partial charge in [0.1, 0.15) is 12.1 Å². The molecule has 7 nitrogen and oxygen atoms in total. The van der Waals surface area contributed by atoms with E-state index in [1.165, 1.54) is 0 Å². The molecule has 0 aromatic heterocycles. The van der Waals surface area contributed by atoms with Crippen molar-refractivity contribution in [2.75, 3.05) is 18.5 Å². The summed E-state index contributed by atoms with van der Waals surface area (Å²) in [5, 5.41) is 15.3. The molecular formula is C24H29N3O4. The Hall–Kier alpha value is -3.19. The average Bonchev–Trinajstić information content (AvgIpc) is 2.86. The molecule has 3 atom stereocenters. The number of nitrogens with zero attached hydrogens (tertiary/aromatic N) is 1. The van der Waals surface area contributed by atoms with Crippen molar-refractivity contribution in [1.82, 2.24) is 10.6 Å². The summed E-state index contributed by atoms with van der Waals surface area (Å²) in [5.74, 6) is -1.91. The van der Waals surface area contributed by atoms with Crippen molar-refractivity contribution in [1.29, 1.82) is 0 Å². The molecule has 2 aromatic carbocycles. The summed E-state index contributed by atoms with van der Waals surface area (Å²) in [4.78, 5) is 39.7. The fourth-order valence-electron chi connectivity index (χ4n) is 3.61. The van der Waals surface area contributed by atoms with E-state index in [9.17, 15) is 19.5 Å². The number of likely N-dealkylation sites (N-methyl/N-ethyl adjacent to an activating group) is 1. The third kappa shape index (κ3) is 4.61. The van der Waals surface area contributed by atoms with Crippen molar-refractivity contribution in [3.63, 3.8) is 0 Å². The molecule has 3 rings (SSSR count). The summed E-state index contributed by atoms with van der Waals surface area (Å²) < 4.78 is 0. The zero-order valence-corrected chi connectivity index (χ0v) is 18.3. The third-order valence-electron chi connectivity index (χ3n) is 5.62. The van der Waals surface area contributed by atoms with Gasteiger partial charge in [0.15, 0.2) is 0 Å². The van der Waals surface area contributed by atoms with Gasteiger partial charge in [-0.15, -0.1) is 0 Å². The summed E-state index contributed by atoms with van der Waals surface area (Å²) in [6, 6.07) is 14.3. The Kier molecular flexibility index (Phi) is 6.75. The van der Waals surface area contributed by atoms with Crippen molar-refractivity contribution in [3.05, 3.63) is 54.1 Å². The summed E-state index contributed by atoms with van der Waals surface area (Å²) in [6.45, 7) is 5.21. The number of rotatable bonds is 6. The second-order valence-corrected chi connectivity index (χ2v) is 8.28. The van der Waals surface area contributed by atoms with E-state index in [0.717, 1.165) is 22.4 Å². The number of benzene rings is 2. The van der Waals surface area contributed by atoms with Crippen LogP contribution in [-0.2, 0) is 14.4 Å². The van der Waals surface area contributed by atoms with Crippen LogP contribution in [0.3, 0.4) is 0 Å². The van der Waals surface area contributed by atoms with Crippen molar-refractivity contribution < 1.29 is 19.5 Å². The number of anilines is 1. The Balaban J connectivity index is 1.80. The topological polar surface area (TPSA) is 98.7 Å². The van der Waals surface area contributed by atoms with Crippen molar-refractivity contribution in [3.8, 4) is 11.1 Å². The maximum atomic E-state index is 13.3. The highest BCUT2D eigenvalue weighted by Gasteiger charge is 2.34. The molecule has 0 aliphatic carbocycles. The van der Waals surface area contributed by atoms with Crippen LogP contribution in [0.5, 0.6) is 0 Å². The number of aliphatic hydroxyl groups excluding tert-OH is 1. The quantitative estimate of drug-likeness (QED) is 0.664. The van der Waals surface area contributed by atoms with Gasteiger partial charge in [-0.3, -0.25) is 14.4 Å². The molecule has 0 saturated carbocycles. The molecule has 0 spiro atoms. The number of para-hydroxylation sites is 1. The SMILES string of the molecule is CC(CNC(=O)[C@@H](O)C(C)C)C(=O)N[C@@H]1C(=O)N(C)c2ccccc2-c2ccccc21. The smallest absolute Gasteiger partial charge is 0.253 e. The van der Waals surface area contributed by atoms with E-state index in [1.54, 1.807) is 32.7 Å². The summed E-state index contributed by atoms with van der Waals surface area (Å²) in [7, 11) is 1.70. The van der Waals surface area contributed by atoms with E-state index in [2.05, 4.69) is 10.6 Å². The van der Waals surface area contributed by atoms with Gasteiger partial charge in [-0.25, -0.2) is 0 Å². The number of hydrogen-bond acceptors (Lipinski definition) is 4. The highest BCUT2D eigenvalue weighted by Crippen LogP contribution is 2.39. The molecule has 2 aromatic rings. The van der Waals surface area contributed by atoms with Crippen LogP contribution < -0.4 is 15.5 Å². The number of aliphatic hydroxyl groups is 1. The molecule has 3 amide bonds. The van der Waals surface area contributed by atoms with Crippen molar-refractivity contribution in [2.24, 2.45) is 11.8 Å². The molecule has 1 aliphatic rings. The first-order valence-corrected chi connectivity index (χ1v) is 10.4. The number of amides is 3. The Morgan fingerprint density at radius 3 is 2.29 bits per heavy atom. The lowest BCUT2D eigenvalue weighted by atomic mass is 9.95. The predicted molar refractivity (Wildman–Crippen MR) is 119 cm³/mol. The molecule has 31 heavy (non-hydrogen) atoms. The lowest BCUT2D eigenvalue weighted by Gasteiger charge is -2.24. The van der Waals surface area contributed by atoms with Gasteiger partial charge in [0.2, 0.25) is 11.8 Å². The zero-order chi connectivity index (χ0) is 22.7. The van der Waals surface area contributed by atoms with E-state index in [4.69, 9.17) is 0 Å². The summed E-state index contributed by atoms with van der Waals surface area (Å²) >= 11 is 0. The standard InChI is InChI=1S/C24H29N3O4/c1-14(2)21(28)23(30)25-13-15(3)22(29)26-20-18-11-6-5-9-16(18)17-10-7-8-12-19(17)27(4)24(20)31/h5-12,14-15,20-21,28H,13H2,1-4H3,(H,25,30)(H,26,29)/t15?,20-,21-/m0/s1. The van der Waals surface area contributed by atoms with Crippen LogP contribution in [0, 0.1) is 11.8 Å². The molecule has 3 N–H and O–H groups in total. The van der Waals surface area contributed by atoms with Crippen LogP contribution in [0.15, 0.2) is 48.5 Å². The second-order valence-electron chi connectivity index (χ2n) is 8.28. The molecule has 0 fully saturated rings. The second kappa shape index (κ2) is 9.31. The first kappa shape index (κ1) is 22.5. The van der Waals surface area contributed by atoms with Crippen molar-refractivity contribution >= 4 is 23.4 Å². The van der Waals surface area contributed by atoms with Gasteiger partial charge in [-0.2, -0.15) is 0 Å². The van der Waals surface area contributed by atoms with Gasteiger partial charge < -0.3 is 20.6 Å². The number of hydrogen-bond donors (Lipinski definition) is 3. The van der Waals surface area contributed by atoms with E-state index in [0.29, 0.717) is 0 Å². The minimum Gasteiger partial charge on any atom is -0.383 e. The summed E-state index contributed by atoms with van der Waals surface area (Å²) in [6.07, 6.45) is -1.13. The maximum absolute atomic E-state index is 13.3. The van der Waals surface area contributed by atoms with Crippen molar-refractivity contribution in [2.45, 2.75) is 32.9 Å². The Bertz CT molecular complexity index is 988. The minimum atomic E-state index is -1.13. The average molecular weight is 424 g/mol. The first-order valence-electron chi connectivity index (χ1n) is 10.4. The van der Waals surface area contributed by atoms with Crippen LogP contribution in [0.2, 0.25) is 0 Å². The monoisotopic (exact) mass is 423 g/mol. The molecule has 0 bridgehead atoms. The van der Waals surface area contributed by atoms with E-state index < -0.39 is 24.0 Å². The lowest BCUT2D eigenvalue weighted by Crippen LogP contribution is -2.46. The van der Waals surface area contributed by atoms with E-state index >= 15 is 0 Å². The predicted octanol–water partition coefficient (Wildman–Crippen LogP) is 2.26. The minimum absolute atomic E-state index is 0.0626. The fourth-order valence-corrected chi connectivity index (χ4v) is 3.61. The Morgan fingerprint density at radius 2 is 1.61 bits per heavy atom. The zero-order valence-electron chi connectivity index (χ0n) is 18.3. The molecule has 1 aliphatic heterocycles. The highest BCUT2D eigenvalue weighted by molar-refractivity contribution is 6.06. The largest absolute Gasteiger partial charge is 0.383 e. The fraction of sp³-hybridized carbons (Fsp3) is 0.375. The van der Waals surface area contributed by atoms with E-state index in [-0.39, 0.29) is 24.3 Å². The third-order valence-corrected chi connectivity index (χ3v) is 5.62. The van der Waals surface area contributed by atoms with Gasteiger partial charge in [0, 0.05) is 19.2 Å². The molecule has 0 saturated heterocycles. The summed E-state index contributed by atoms with van der Waals surface area (Å²) in [5.41, 5.74) is 3.32. The normalized spacial score (nSPS) is 17.3.